The van der Waals surface area contributed by atoms with Crippen LogP contribution in [0.1, 0.15) is 50.8 Å². The maximum Gasteiger partial charge on any atom is 0.237 e. The van der Waals surface area contributed by atoms with Gasteiger partial charge in [-0.1, -0.05) is 60.3 Å². The molecule has 0 saturated heterocycles. The van der Waals surface area contributed by atoms with Gasteiger partial charge in [0.05, 0.1) is 16.0 Å². The van der Waals surface area contributed by atoms with Gasteiger partial charge in [0.2, 0.25) is 5.91 Å². The lowest BCUT2D eigenvalue weighted by molar-refractivity contribution is -0.115. The molecule has 1 unspecified atom stereocenters. The first-order chi connectivity index (χ1) is 13.5. The van der Waals surface area contributed by atoms with Crippen LogP contribution in [0.15, 0.2) is 36.0 Å². The van der Waals surface area contributed by atoms with Crippen LogP contribution in [0.4, 0.5) is 5.69 Å². The third-order valence-electron chi connectivity index (χ3n) is 4.87. The molecule has 1 atom stereocenters. The van der Waals surface area contributed by atoms with E-state index in [4.69, 9.17) is 23.2 Å². The summed E-state index contributed by atoms with van der Waals surface area (Å²) in [5.74, 6) is 1.28. The Hall–Kier alpha value is -1.50. The average Bonchev–Trinajstić information content (AvgIpc) is 3.08. The van der Waals surface area contributed by atoms with Crippen LogP contribution in [-0.2, 0) is 11.3 Å². The van der Waals surface area contributed by atoms with Crippen LogP contribution in [-0.4, -0.2) is 25.9 Å². The molecular weight excluding hydrogens is 415 g/mol. The van der Waals surface area contributed by atoms with Crippen LogP contribution in [0.25, 0.3) is 0 Å². The van der Waals surface area contributed by atoms with Crippen molar-refractivity contribution in [2.45, 2.75) is 61.9 Å². The number of allylic oxidation sites excluding steroid dienone is 1. The van der Waals surface area contributed by atoms with Gasteiger partial charge in [-0.3, -0.25) is 4.79 Å². The standard InChI is InChI=1S/C20H24Cl2N4OS/c1-3-11-26-18(14-7-5-4-6-8-14)24-25-20(26)28-13(2)19(27)23-17-12-15(21)9-10-16(17)22/h3,9-10,12-14H,1,4-8,11H2,2H3,(H,23,27). The molecule has 150 valence electrons. The normalized spacial score (nSPS) is 16.0. The Morgan fingerprint density at radius 3 is 2.82 bits per heavy atom. The molecule has 1 saturated carbocycles. The summed E-state index contributed by atoms with van der Waals surface area (Å²) in [6, 6.07) is 4.98. The predicted octanol–water partition coefficient (Wildman–Crippen LogP) is 5.94. The molecule has 0 radical (unpaired) electrons. The van der Waals surface area contributed by atoms with E-state index >= 15 is 0 Å². The van der Waals surface area contributed by atoms with Crippen molar-refractivity contribution in [2.75, 3.05) is 5.32 Å². The summed E-state index contributed by atoms with van der Waals surface area (Å²) >= 11 is 13.5. The Morgan fingerprint density at radius 2 is 2.11 bits per heavy atom. The van der Waals surface area contributed by atoms with Crippen LogP contribution in [0.3, 0.4) is 0 Å². The molecule has 1 fully saturated rings. The molecule has 1 N–H and O–H groups in total. The van der Waals surface area contributed by atoms with Crippen LogP contribution in [0.2, 0.25) is 10.0 Å². The Morgan fingerprint density at radius 1 is 1.36 bits per heavy atom. The Kier molecular flexibility index (Phi) is 7.43. The number of nitrogens with zero attached hydrogens (tertiary/aromatic N) is 3. The molecule has 8 heteroatoms. The van der Waals surface area contributed by atoms with Gasteiger partial charge in [-0.2, -0.15) is 0 Å². The number of hydrogen-bond donors (Lipinski definition) is 1. The Bertz CT molecular complexity index is 849. The smallest absolute Gasteiger partial charge is 0.237 e. The highest BCUT2D eigenvalue weighted by Gasteiger charge is 2.25. The fourth-order valence-electron chi connectivity index (χ4n) is 3.39. The summed E-state index contributed by atoms with van der Waals surface area (Å²) < 4.78 is 2.09. The van der Waals surface area contributed by atoms with E-state index in [0.29, 0.717) is 28.2 Å². The Balaban J connectivity index is 1.72. The molecule has 1 heterocycles. The van der Waals surface area contributed by atoms with Crippen LogP contribution < -0.4 is 5.32 Å². The van der Waals surface area contributed by atoms with Crippen LogP contribution >= 0.6 is 35.0 Å². The molecule has 1 amide bonds. The molecule has 1 aliphatic carbocycles. The maximum absolute atomic E-state index is 12.6. The summed E-state index contributed by atoms with van der Waals surface area (Å²) in [6.45, 7) is 6.33. The van der Waals surface area contributed by atoms with Crippen molar-refractivity contribution < 1.29 is 4.79 Å². The second-order valence-corrected chi connectivity index (χ2v) is 9.10. The van der Waals surface area contributed by atoms with E-state index in [1.54, 1.807) is 18.2 Å². The fraction of sp³-hybridized carbons (Fsp3) is 0.450. The first-order valence-corrected chi connectivity index (χ1v) is 11.1. The highest BCUT2D eigenvalue weighted by Crippen LogP contribution is 2.34. The van der Waals surface area contributed by atoms with Crippen LogP contribution in [0.5, 0.6) is 0 Å². The molecule has 0 bridgehead atoms. The molecular formula is C20H24Cl2N4OS. The van der Waals surface area contributed by atoms with E-state index in [1.165, 1.54) is 31.0 Å². The minimum absolute atomic E-state index is 0.165. The summed E-state index contributed by atoms with van der Waals surface area (Å²) in [5.41, 5.74) is 0.502. The van der Waals surface area contributed by atoms with Crippen molar-refractivity contribution in [3.8, 4) is 0 Å². The first kappa shape index (κ1) is 21.2. The van der Waals surface area contributed by atoms with Gasteiger partial charge in [0.1, 0.15) is 5.82 Å². The Labute approximate surface area is 179 Å². The van der Waals surface area contributed by atoms with Gasteiger partial charge in [0.15, 0.2) is 5.16 Å². The zero-order valence-electron chi connectivity index (χ0n) is 15.8. The third kappa shape index (κ3) is 5.10. The number of halogens is 2. The topological polar surface area (TPSA) is 59.8 Å². The number of carbonyl (C=O) groups is 1. The highest BCUT2D eigenvalue weighted by atomic mass is 35.5. The van der Waals surface area contributed by atoms with Gasteiger partial charge in [0.25, 0.3) is 0 Å². The molecule has 2 aromatic rings. The van der Waals surface area contributed by atoms with Gasteiger partial charge >= 0.3 is 0 Å². The molecule has 5 nitrogen and oxygen atoms in total. The molecule has 3 rings (SSSR count). The van der Waals surface area contributed by atoms with E-state index in [1.807, 2.05) is 13.0 Å². The van der Waals surface area contributed by atoms with Gasteiger partial charge in [-0.25, -0.2) is 0 Å². The minimum atomic E-state index is -0.373. The van der Waals surface area contributed by atoms with E-state index in [0.717, 1.165) is 23.8 Å². The lowest BCUT2D eigenvalue weighted by atomic mass is 9.89. The molecule has 1 aromatic heterocycles. The van der Waals surface area contributed by atoms with Crippen molar-refractivity contribution in [2.24, 2.45) is 0 Å². The molecule has 28 heavy (non-hydrogen) atoms. The van der Waals surface area contributed by atoms with Gasteiger partial charge in [0, 0.05) is 17.5 Å². The van der Waals surface area contributed by atoms with Gasteiger partial charge in [-0.15, -0.1) is 16.8 Å². The molecule has 0 spiro atoms. The summed E-state index contributed by atoms with van der Waals surface area (Å²) in [7, 11) is 0. The summed E-state index contributed by atoms with van der Waals surface area (Å²) in [5, 5.41) is 13.0. The number of aromatic nitrogens is 3. The van der Waals surface area contributed by atoms with Crippen molar-refractivity contribution in [3.63, 3.8) is 0 Å². The summed E-state index contributed by atoms with van der Waals surface area (Å²) in [6.07, 6.45) is 7.88. The number of rotatable bonds is 7. The quantitative estimate of drug-likeness (QED) is 0.429. The molecule has 1 aliphatic rings. The second kappa shape index (κ2) is 9.81. The highest BCUT2D eigenvalue weighted by molar-refractivity contribution is 8.00. The maximum atomic E-state index is 12.6. The van der Waals surface area contributed by atoms with Crippen molar-refractivity contribution in [1.82, 2.24) is 14.8 Å². The zero-order valence-corrected chi connectivity index (χ0v) is 18.2. The third-order valence-corrected chi connectivity index (χ3v) is 6.51. The summed E-state index contributed by atoms with van der Waals surface area (Å²) in [4.78, 5) is 12.6. The monoisotopic (exact) mass is 438 g/mol. The second-order valence-electron chi connectivity index (χ2n) is 6.95. The number of benzene rings is 1. The van der Waals surface area contributed by atoms with Crippen LogP contribution in [0, 0.1) is 0 Å². The number of thioether (sulfide) groups is 1. The minimum Gasteiger partial charge on any atom is -0.324 e. The molecule has 1 aromatic carbocycles. The average molecular weight is 439 g/mol. The number of carbonyl (C=O) groups excluding carboxylic acids is 1. The predicted molar refractivity (Wildman–Crippen MR) is 116 cm³/mol. The van der Waals surface area contributed by atoms with Gasteiger partial charge in [-0.05, 0) is 38.0 Å². The zero-order chi connectivity index (χ0) is 20.1. The fourth-order valence-corrected chi connectivity index (χ4v) is 4.59. The van der Waals surface area contributed by atoms with E-state index < -0.39 is 0 Å². The van der Waals surface area contributed by atoms with Crippen molar-refractivity contribution >= 4 is 46.6 Å². The van der Waals surface area contributed by atoms with E-state index in [9.17, 15) is 4.79 Å². The van der Waals surface area contributed by atoms with Crippen molar-refractivity contribution in [3.05, 3.63) is 46.7 Å². The number of amides is 1. The lowest BCUT2D eigenvalue weighted by Gasteiger charge is -2.21. The van der Waals surface area contributed by atoms with Crippen molar-refractivity contribution in [1.29, 1.82) is 0 Å². The van der Waals surface area contributed by atoms with Gasteiger partial charge < -0.3 is 9.88 Å². The number of anilines is 1. The first-order valence-electron chi connectivity index (χ1n) is 9.46. The van der Waals surface area contributed by atoms with E-state index in [2.05, 4.69) is 26.7 Å². The molecule has 0 aliphatic heterocycles. The number of hydrogen-bond acceptors (Lipinski definition) is 4. The number of nitrogens with one attached hydrogen (secondary N) is 1. The SMILES string of the molecule is C=CCn1c(SC(C)C(=O)Nc2cc(Cl)ccc2Cl)nnc1C1CCCCC1. The largest absolute Gasteiger partial charge is 0.324 e. The van der Waals surface area contributed by atoms with E-state index in [-0.39, 0.29) is 11.2 Å². The lowest BCUT2D eigenvalue weighted by Crippen LogP contribution is -2.23.